The number of para-hydroxylation sites is 1. The van der Waals surface area contributed by atoms with Gasteiger partial charge in [0.15, 0.2) is 0 Å². The molecule has 0 bridgehead atoms. The van der Waals surface area contributed by atoms with Gasteiger partial charge >= 0.3 is 0 Å². The van der Waals surface area contributed by atoms with Crippen LogP contribution in [0, 0.1) is 18.8 Å². The van der Waals surface area contributed by atoms with E-state index in [0.717, 1.165) is 5.56 Å². The molecule has 10 heteroatoms. The van der Waals surface area contributed by atoms with Gasteiger partial charge in [0.25, 0.3) is 5.91 Å². The van der Waals surface area contributed by atoms with Gasteiger partial charge in [0.1, 0.15) is 36.8 Å². The van der Waals surface area contributed by atoms with E-state index in [2.05, 4.69) is 24.5 Å². The third-order valence-electron chi connectivity index (χ3n) is 7.63. The van der Waals surface area contributed by atoms with E-state index >= 15 is 0 Å². The fourth-order valence-electron chi connectivity index (χ4n) is 5.15. The van der Waals surface area contributed by atoms with E-state index < -0.39 is 29.8 Å². The highest BCUT2D eigenvalue weighted by Gasteiger charge is 2.33. The molecule has 0 radical (unpaired) electrons. The number of carbonyl (C=O) groups excluding carboxylic acids is 4. The normalized spacial score (nSPS) is 19.9. The number of amides is 4. The average molecular weight is 609 g/mol. The van der Waals surface area contributed by atoms with Gasteiger partial charge in [0.05, 0.1) is 24.6 Å². The first-order valence-corrected chi connectivity index (χ1v) is 15.4. The molecule has 0 aliphatic carbocycles. The van der Waals surface area contributed by atoms with E-state index in [1.807, 2.05) is 45.0 Å². The number of benzene rings is 2. The number of carbonyl (C=O) groups is 4. The number of aryl methyl sites for hydroxylation is 1. The maximum Gasteiger partial charge on any atom is 0.255 e. The number of hydrogen-bond donors (Lipinski definition) is 2. The number of likely N-dealkylation sites (N-methyl/N-ethyl adjacent to an activating group) is 2. The summed E-state index contributed by atoms with van der Waals surface area (Å²) in [7, 11) is 3.32. The SMILES string of the molecule is Cc1ccc(OCCN(C)C(=O)[C@@H]2CC(=O)N[C@@H](CC(C)C)C(=O)N(C)[C@@H](CC(C)C)COc3ccccc3C(=O)N2)cc1. The van der Waals surface area contributed by atoms with Crippen molar-refractivity contribution in [1.29, 1.82) is 0 Å². The predicted octanol–water partition coefficient (Wildman–Crippen LogP) is 3.82. The van der Waals surface area contributed by atoms with Gasteiger partial charge in [-0.15, -0.1) is 0 Å². The van der Waals surface area contributed by atoms with E-state index in [9.17, 15) is 19.2 Å². The largest absolute Gasteiger partial charge is 0.492 e. The Balaban J connectivity index is 1.88. The van der Waals surface area contributed by atoms with E-state index in [1.54, 1.807) is 43.3 Å². The van der Waals surface area contributed by atoms with Crippen LogP contribution in [0.15, 0.2) is 48.5 Å². The van der Waals surface area contributed by atoms with Crippen molar-refractivity contribution < 1.29 is 28.7 Å². The van der Waals surface area contributed by atoms with Crippen LogP contribution in [-0.4, -0.2) is 85.4 Å². The molecule has 0 aromatic heterocycles. The highest BCUT2D eigenvalue weighted by atomic mass is 16.5. The van der Waals surface area contributed by atoms with Crippen LogP contribution >= 0.6 is 0 Å². The molecule has 44 heavy (non-hydrogen) atoms. The van der Waals surface area contributed by atoms with Crippen molar-refractivity contribution in [2.45, 2.75) is 72.0 Å². The lowest BCUT2D eigenvalue weighted by molar-refractivity contribution is -0.139. The van der Waals surface area contributed by atoms with Crippen LogP contribution in [-0.2, 0) is 14.4 Å². The molecular formula is C34H48N4O6. The molecule has 3 atom stereocenters. The number of fused-ring (bicyclic) bond motifs is 1. The zero-order valence-corrected chi connectivity index (χ0v) is 27.1. The Morgan fingerprint density at radius 2 is 1.66 bits per heavy atom. The van der Waals surface area contributed by atoms with Crippen LogP contribution in [0.5, 0.6) is 11.5 Å². The van der Waals surface area contributed by atoms with Crippen molar-refractivity contribution in [2.75, 3.05) is 33.9 Å². The Morgan fingerprint density at radius 3 is 2.32 bits per heavy atom. The number of nitrogens with one attached hydrogen (secondary N) is 2. The second kappa shape index (κ2) is 16.1. The minimum absolute atomic E-state index is 0.125. The molecule has 2 N–H and O–H groups in total. The van der Waals surface area contributed by atoms with E-state index in [0.29, 0.717) is 24.3 Å². The highest BCUT2D eigenvalue weighted by molar-refractivity contribution is 6.01. The summed E-state index contributed by atoms with van der Waals surface area (Å²) in [6, 6.07) is 12.1. The number of rotatable bonds is 9. The lowest BCUT2D eigenvalue weighted by Crippen LogP contribution is -2.55. The van der Waals surface area contributed by atoms with Crippen LogP contribution in [0.25, 0.3) is 0 Å². The van der Waals surface area contributed by atoms with Crippen LogP contribution in [0.1, 0.15) is 62.9 Å². The van der Waals surface area contributed by atoms with Crippen LogP contribution < -0.4 is 20.1 Å². The van der Waals surface area contributed by atoms with Crippen molar-refractivity contribution in [3.63, 3.8) is 0 Å². The minimum atomic E-state index is -1.18. The highest BCUT2D eigenvalue weighted by Crippen LogP contribution is 2.22. The molecule has 2 aromatic rings. The van der Waals surface area contributed by atoms with Crippen molar-refractivity contribution in [1.82, 2.24) is 20.4 Å². The first kappa shape index (κ1) is 34.4. The third-order valence-corrected chi connectivity index (χ3v) is 7.63. The molecule has 1 heterocycles. The fourth-order valence-corrected chi connectivity index (χ4v) is 5.15. The lowest BCUT2D eigenvalue weighted by atomic mass is 9.99. The Kier molecular flexibility index (Phi) is 12.6. The molecule has 0 fully saturated rings. The summed E-state index contributed by atoms with van der Waals surface area (Å²) in [5.74, 6) is -0.276. The van der Waals surface area contributed by atoms with Gasteiger partial charge < -0.3 is 29.9 Å². The second-order valence-electron chi connectivity index (χ2n) is 12.4. The smallest absolute Gasteiger partial charge is 0.255 e. The third kappa shape index (κ3) is 9.99. The summed E-state index contributed by atoms with van der Waals surface area (Å²) in [4.78, 5) is 57.4. The van der Waals surface area contributed by atoms with Crippen LogP contribution in [0.2, 0.25) is 0 Å². The zero-order valence-electron chi connectivity index (χ0n) is 27.1. The summed E-state index contributed by atoms with van der Waals surface area (Å²) in [5, 5.41) is 5.63. The number of ether oxygens (including phenoxy) is 2. The average Bonchev–Trinajstić information content (AvgIpc) is 2.97. The molecule has 2 aromatic carbocycles. The Morgan fingerprint density at radius 1 is 1.00 bits per heavy atom. The van der Waals surface area contributed by atoms with Crippen molar-refractivity contribution >= 4 is 23.6 Å². The Bertz CT molecular complexity index is 1280. The van der Waals surface area contributed by atoms with E-state index in [1.165, 1.54) is 4.90 Å². The van der Waals surface area contributed by atoms with Crippen molar-refractivity contribution in [2.24, 2.45) is 11.8 Å². The molecule has 4 amide bonds. The molecule has 0 saturated carbocycles. The summed E-state index contributed by atoms with van der Waals surface area (Å²) in [6.45, 7) is 10.7. The molecule has 1 aliphatic rings. The van der Waals surface area contributed by atoms with Crippen molar-refractivity contribution in [3.05, 3.63) is 59.7 Å². The van der Waals surface area contributed by atoms with Gasteiger partial charge in [0.2, 0.25) is 17.7 Å². The van der Waals surface area contributed by atoms with Crippen LogP contribution in [0.4, 0.5) is 0 Å². The van der Waals surface area contributed by atoms with Gasteiger partial charge in [-0.05, 0) is 55.9 Å². The minimum Gasteiger partial charge on any atom is -0.492 e. The van der Waals surface area contributed by atoms with E-state index in [4.69, 9.17) is 9.47 Å². The fraction of sp³-hybridized carbons (Fsp3) is 0.529. The lowest BCUT2D eigenvalue weighted by Gasteiger charge is -2.34. The molecule has 0 unspecified atom stereocenters. The van der Waals surface area contributed by atoms with Gasteiger partial charge in [-0.1, -0.05) is 57.5 Å². The van der Waals surface area contributed by atoms with Crippen LogP contribution in [0.3, 0.4) is 0 Å². The first-order chi connectivity index (χ1) is 20.8. The maximum absolute atomic E-state index is 13.8. The quantitative estimate of drug-likeness (QED) is 0.447. The van der Waals surface area contributed by atoms with Gasteiger partial charge in [-0.25, -0.2) is 0 Å². The number of nitrogens with zero attached hydrogens (tertiary/aromatic N) is 2. The molecule has 3 rings (SSSR count). The van der Waals surface area contributed by atoms with Gasteiger partial charge in [-0.2, -0.15) is 0 Å². The Hall–Kier alpha value is -4.08. The zero-order chi connectivity index (χ0) is 32.4. The standard InChI is InChI=1S/C34H48N4O6/c1-22(2)18-25-21-44-30-11-9-8-10-27(30)32(40)36-29(20-31(39)35-28(19-23(3)4)34(42)38(25)7)33(41)37(6)16-17-43-26-14-12-24(5)13-15-26/h8-15,22-23,25,28-29H,16-21H2,1-7H3,(H,35,39)(H,36,40)/t25-,28-,29-/m0/s1. The van der Waals surface area contributed by atoms with Crippen molar-refractivity contribution in [3.8, 4) is 11.5 Å². The van der Waals surface area contributed by atoms with Gasteiger partial charge in [0, 0.05) is 14.1 Å². The molecule has 1 aliphatic heterocycles. The summed E-state index contributed by atoms with van der Waals surface area (Å²) in [5.41, 5.74) is 1.35. The van der Waals surface area contributed by atoms with E-state index in [-0.39, 0.29) is 55.5 Å². The topological polar surface area (TPSA) is 117 Å². The summed E-state index contributed by atoms with van der Waals surface area (Å²) in [6.07, 6.45) is 0.765. The molecule has 240 valence electrons. The Labute approximate surface area is 261 Å². The summed E-state index contributed by atoms with van der Waals surface area (Å²) < 4.78 is 11.9. The molecular weight excluding hydrogens is 560 g/mol. The summed E-state index contributed by atoms with van der Waals surface area (Å²) >= 11 is 0. The monoisotopic (exact) mass is 608 g/mol. The maximum atomic E-state index is 13.8. The molecule has 0 saturated heterocycles. The first-order valence-electron chi connectivity index (χ1n) is 15.4. The molecule has 0 spiro atoms. The van der Waals surface area contributed by atoms with Gasteiger partial charge in [-0.3, -0.25) is 19.2 Å². The number of hydrogen-bond acceptors (Lipinski definition) is 6. The predicted molar refractivity (Wildman–Crippen MR) is 170 cm³/mol. The second-order valence-corrected chi connectivity index (χ2v) is 12.4. The molecule has 10 nitrogen and oxygen atoms in total.